The van der Waals surface area contributed by atoms with Crippen LogP contribution in [0.4, 0.5) is 0 Å². The lowest BCUT2D eigenvalue weighted by molar-refractivity contribution is 0.0186. The molecule has 1 unspecified atom stereocenters. The van der Waals surface area contributed by atoms with Gasteiger partial charge in [-0.1, -0.05) is 48.0 Å². The van der Waals surface area contributed by atoms with Crippen LogP contribution in [-0.2, 0) is 0 Å². The zero-order valence-electron chi connectivity index (χ0n) is 12.1. The van der Waals surface area contributed by atoms with Crippen LogP contribution in [0.1, 0.15) is 51.2 Å². The smallest absolute Gasteiger partial charge is 0.0987 e. The first kappa shape index (κ1) is 15.5. The van der Waals surface area contributed by atoms with E-state index in [0.717, 1.165) is 35.7 Å². The van der Waals surface area contributed by atoms with Gasteiger partial charge in [0.15, 0.2) is 0 Å². The van der Waals surface area contributed by atoms with Gasteiger partial charge < -0.3 is 5.11 Å². The number of aliphatic hydroxyl groups is 1. The van der Waals surface area contributed by atoms with Gasteiger partial charge in [-0.25, -0.2) is 0 Å². The van der Waals surface area contributed by atoms with E-state index in [2.05, 4.69) is 35.8 Å². The highest BCUT2D eigenvalue weighted by atomic mass is 79.9. The predicted octanol–water partition coefficient (Wildman–Crippen LogP) is 4.84. The second kappa shape index (κ2) is 6.28. The molecule has 0 aliphatic heterocycles. The summed E-state index contributed by atoms with van der Waals surface area (Å²) in [5, 5.41) is 20.4. The Morgan fingerprint density at radius 2 is 1.90 bits per heavy atom. The van der Waals surface area contributed by atoms with Gasteiger partial charge in [0.25, 0.3) is 0 Å². The highest BCUT2D eigenvalue weighted by molar-refractivity contribution is 9.10. The summed E-state index contributed by atoms with van der Waals surface area (Å²) in [6.45, 7) is 4.49. The summed E-state index contributed by atoms with van der Waals surface area (Å²) in [6.07, 6.45) is 2.93. The molecular formula is C17H22BrNO. The van der Waals surface area contributed by atoms with Gasteiger partial charge in [0.2, 0.25) is 0 Å². The molecule has 0 heterocycles. The fourth-order valence-electron chi connectivity index (χ4n) is 3.26. The molecule has 0 saturated heterocycles. The van der Waals surface area contributed by atoms with Crippen LogP contribution in [0.2, 0.25) is 0 Å². The predicted molar refractivity (Wildman–Crippen MR) is 83.9 cm³/mol. The van der Waals surface area contributed by atoms with Crippen molar-refractivity contribution in [1.82, 2.24) is 0 Å². The third-order valence-electron chi connectivity index (χ3n) is 4.81. The summed E-state index contributed by atoms with van der Waals surface area (Å²) < 4.78 is 0.883. The molecule has 1 aromatic rings. The van der Waals surface area contributed by atoms with Gasteiger partial charge in [-0.2, -0.15) is 5.26 Å². The monoisotopic (exact) mass is 335 g/mol. The molecule has 108 valence electrons. The normalized spacial score (nSPS) is 28.1. The van der Waals surface area contributed by atoms with Crippen molar-refractivity contribution in [3.05, 3.63) is 34.3 Å². The van der Waals surface area contributed by atoms with E-state index in [9.17, 15) is 10.4 Å². The maximum atomic E-state index is 10.7. The standard InChI is InChI=1S/C17H22BrNO/c1-12(2)13-7-9-17(11-19,10-8-13)16(20)14-5-3-4-6-15(14)18/h3-6,12-13,16,20H,7-10H2,1-2H3. The summed E-state index contributed by atoms with van der Waals surface area (Å²) in [5.41, 5.74) is 0.201. The van der Waals surface area contributed by atoms with Crippen LogP contribution in [0.5, 0.6) is 0 Å². The van der Waals surface area contributed by atoms with Crippen molar-refractivity contribution >= 4 is 15.9 Å². The van der Waals surface area contributed by atoms with Gasteiger partial charge in [0.05, 0.1) is 17.6 Å². The molecule has 1 aromatic carbocycles. The minimum Gasteiger partial charge on any atom is -0.387 e. The molecule has 1 saturated carbocycles. The summed E-state index contributed by atoms with van der Waals surface area (Å²) in [7, 11) is 0. The minimum absolute atomic E-state index is 0.630. The third-order valence-corrected chi connectivity index (χ3v) is 5.53. The van der Waals surface area contributed by atoms with E-state index < -0.39 is 11.5 Å². The summed E-state index contributed by atoms with van der Waals surface area (Å²) in [5.74, 6) is 1.34. The average molecular weight is 336 g/mol. The zero-order valence-corrected chi connectivity index (χ0v) is 13.7. The van der Waals surface area contributed by atoms with E-state index in [1.54, 1.807) is 0 Å². The molecule has 1 aliphatic carbocycles. The molecule has 1 fully saturated rings. The molecule has 1 N–H and O–H groups in total. The summed E-state index contributed by atoms with van der Waals surface area (Å²) >= 11 is 3.48. The van der Waals surface area contributed by atoms with E-state index in [0.29, 0.717) is 11.8 Å². The first-order valence-corrected chi connectivity index (χ1v) is 8.13. The second-order valence-corrected chi connectivity index (χ2v) is 7.13. The van der Waals surface area contributed by atoms with E-state index in [1.807, 2.05) is 24.3 Å². The Bertz CT molecular complexity index is 498. The van der Waals surface area contributed by atoms with Crippen LogP contribution in [-0.4, -0.2) is 5.11 Å². The lowest BCUT2D eigenvalue weighted by Gasteiger charge is -2.39. The van der Waals surface area contributed by atoms with Crippen LogP contribution in [0.25, 0.3) is 0 Å². The third kappa shape index (κ3) is 2.92. The number of hydrogen-bond acceptors (Lipinski definition) is 2. The summed E-state index contributed by atoms with van der Waals surface area (Å²) in [6, 6.07) is 10.1. The number of nitriles is 1. The van der Waals surface area contributed by atoms with Gasteiger partial charge >= 0.3 is 0 Å². The lowest BCUT2D eigenvalue weighted by atomic mass is 9.65. The van der Waals surface area contributed by atoms with Gasteiger partial charge in [-0.3, -0.25) is 0 Å². The largest absolute Gasteiger partial charge is 0.387 e. The van der Waals surface area contributed by atoms with Gasteiger partial charge in [-0.15, -0.1) is 0 Å². The molecule has 2 nitrogen and oxygen atoms in total. The minimum atomic E-state index is -0.712. The number of rotatable bonds is 3. The summed E-state index contributed by atoms with van der Waals surface area (Å²) in [4.78, 5) is 0. The molecule has 20 heavy (non-hydrogen) atoms. The van der Waals surface area contributed by atoms with Crippen molar-refractivity contribution in [2.75, 3.05) is 0 Å². The van der Waals surface area contributed by atoms with Crippen LogP contribution in [0, 0.1) is 28.6 Å². The first-order valence-electron chi connectivity index (χ1n) is 7.34. The molecule has 0 aromatic heterocycles. The number of hydrogen-bond donors (Lipinski definition) is 1. The fraction of sp³-hybridized carbons (Fsp3) is 0.588. The number of nitrogens with zero attached hydrogens (tertiary/aromatic N) is 1. The van der Waals surface area contributed by atoms with Crippen LogP contribution in [0.3, 0.4) is 0 Å². The van der Waals surface area contributed by atoms with Gasteiger partial charge in [-0.05, 0) is 49.1 Å². The topological polar surface area (TPSA) is 44.0 Å². The SMILES string of the molecule is CC(C)C1CCC(C#N)(C(O)c2ccccc2Br)CC1. The first-order chi connectivity index (χ1) is 9.50. The van der Waals surface area contributed by atoms with E-state index in [4.69, 9.17) is 0 Å². The quantitative estimate of drug-likeness (QED) is 0.858. The molecule has 0 bridgehead atoms. The maximum absolute atomic E-state index is 10.7. The van der Waals surface area contributed by atoms with E-state index >= 15 is 0 Å². The van der Waals surface area contributed by atoms with E-state index in [1.165, 1.54) is 0 Å². The highest BCUT2D eigenvalue weighted by Gasteiger charge is 2.43. The van der Waals surface area contributed by atoms with Crippen molar-refractivity contribution < 1.29 is 5.11 Å². The Labute approximate surface area is 129 Å². The Hall–Kier alpha value is -0.850. The molecular weight excluding hydrogens is 314 g/mol. The Morgan fingerprint density at radius 3 is 2.40 bits per heavy atom. The van der Waals surface area contributed by atoms with Crippen molar-refractivity contribution in [2.24, 2.45) is 17.3 Å². The molecule has 0 radical (unpaired) electrons. The molecule has 0 amide bonds. The van der Waals surface area contributed by atoms with Crippen molar-refractivity contribution in [3.63, 3.8) is 0 Å². The molecule has 0 spiro atoms. The zero-order chi connectivity index (χ0) is 14.8. The molecule has 2 rings (SSSR count). The van der Waals surface area contributed by atoms with Crippen LogP contribution < -0.4 is 0 Å². The average Bonchev–Trinajstić information content (AvgIpc) is 2.47. The number of halogens is 1. The van der Waals surface area contributed by atoms with Crippen LogP contribution >= 0.6 is 15.9 Å². The highest BCUT2D eigenvalue weighted by Crippen LogP contribution is 2.49. The Morgan fingerprint density at radius 1 is 1.30 bits per heavy atom. The van der Waals surface area contributed by atoms with E-state index in [-0.39, 0.29) is 0 Å². The molecule has 1 atom stereocenters. The Balaban J connectivity index is 2.21. The number of benzene rings is 1. The van der Waals surface area contributed by atoms with Gasteiger partial charge in [0, 0.05) is 4.47 Å². The maximum Gasteiger partial charge on any atom is 0.0987 e. The molecule has 1 aliphatic rings. The fourth-order valence-corrected chi connectivity index (χ4v) is 3.76. The Kier molecular flexibility index (Phi) is 4.88. The second-order valence-electron chi connectivity index (χ2n) is 6.27. The lowest BCUT2D eigenvalue weighted by Crippen LogP contribution is -2.33. The van der Waals surface area contributed by atoms with Gasteiger partial charge in [0.1, 0.15) is 0 Å². The van der Waals surface area contributed by atoms with Crippen LogP contribution in [0.15, 0.2) is 28.7 Å². The van der Waals surface area contributed by atoms with Crippen molar-refractivity contribution in [1.29, 1.82) is 5.26 Å². The van der Waals surface area contributed by atoms with Crippen molar-refractivity contribution in [2.45, 2.75) is 45.6 Å². The van der Waals surface area contributed by atoms with Crippen molar-refractivity contribution in [3.8, 4) is 6.07 Å². The molecule has 3 heteroatoms. The number of aliphatic hydroxyl groups excluding tert-OH is 1.